The van der Waals surface area contributed by atoms with Crippen molar-refractivity contribution in [3.8, 4) is 0 Å². The Kier molecular flexibility index (Phi) is 3.41. The second-order valence-electron chi connectivity index (χ2n) is 5.59. The SMILES string of the molecule is Cc1cccc(C(=O)N2c3ccccc3CC2C)c1[N+](=O)[O-]. The average molecular weight is 296 g/mol. The zero-order valence-corrected chi connectivity index (χ0v) is 12.4. The molecular weight excluding hydrogens is 280 g/mol. The van der Waals surface area contributed by atoms with Crippen LogP contribution < -0.4 is 4.90 Å². The van der Waals surface area contributed by atoms with Crippen molar-refractivity contribution in [3.05, 3.63) is 69.3 Å². The molecule has 0 saturated heterocycles. The molecule has 2 aromatic carbocycles. The summed E-state index contributed by atoms with van der Waals surface area (Å²) < 4.78 is 0. The molecule has 1 amide bonds. The number of rotatable bonds is 2. The molecule has 0 spiro atoms. The van der Waals surface area contributed by atoms with E-state index in [2.05, 4.69) is 0 Å². The summed E-state index contributed by atoms with van der Waals surface area (Å²) in [5.74, 6) is -0.312. The van der Waals surface area contributed by atoms with Gasteiger partial charge in [0.1, 0.15) is 5.56 Å². The minimum absolute atomic E-state index is 0.00924. The maximum absolute atomic E-state index is 12.9. The molecule has 5 heteroatoms. The molecule has 0 aliphatic carbocycles. The van der Waals surface area contributed by atoms with E-state index in [-0.39, 0.29) is 23.2 Å². The van der Waals surface area contributed by atoms with Crippen molar-refractivity contribution in [1.82, 2.24) is 0 Å². The fourth-order valence-corrected chi connectivity index (χ4v) is 3.08. The van der Waals surface area contributed by atoms with Gasteiger partial charge in [-0.2, -0.15) is 0 Å². The molecule has 2 aromatic rings. The van der Waals surface area contributed by atoms with Crippen molar-refractivity contribution in [2.75, 3.05) is 4.90 Å². The number of carbonyl (C=O) groups excluding carboxylic acids is 1. The van der Waals surface area contributed by atoms with Crippen molar-refractivity contribution >= 4 is 17.3 Å². The molecule has 1 unspecified atom stereocenters. The highest BCUT2D eigenvalue weighted by Crippen LogP contribution is 2.35. The van der Waals surface area contributed by atoms with E-state index in [9.17, 15) is 14.9 Å². The number of nitro groups is 1. The van der Waals surface area contributed by atoms with Crippen LogP contribution in [-0.2, 0) is 6.42 Å². The zero-order chi connectivity index (χ0) is 15.9. The molecule has 22 heavy (non-hydrogen) atoms. The van der Waals surface area contributed by atoms with Gasteiger partial charge in [-0.15, -0.1) is 0 Å². The Morgan fingerprint density at radius 3 is 2.68 bits per heavy atom. The third-order valence-electron chi connectivity index (χ3n) is 4.08. The number of para-hydroxylation sites is 2. The van der Waals surface area contributed by atoms with Gasteiger partial charge in [-0.05, 0) is 38.0 Å². The molecule has 0 fully saturated rings. The van der Waals surface area contributed by atoms with Crippen LogP contribution in [0.4, 0.5) is 11.4 Å². The number of hydrogen-bond acceptors (Lipinski definition) is 3. The normalized spacial score (nSPS) is 16.5. The standard InChI is InChI=1S/C17H16N2O3/c1-11-6-5-8-14(16(11)19(21)22)17(20)18-12(2)10-13-7-3-4-9-15(13)18/h3-9,12H,10H2,1-2H3. The fourth-order valence-electron chi connectivity index (χ4n) is 3.08. The van der Waals surface area contributed by atoms with Crippen molar-refractivity contribution in [2.45, 2.75) is 26.3 Å². The van der Waals surface area contributed by atoms with Gasteiger partial charge in [-0.25, -0.2) is 0 Å². The first-order valence-electron chi connectivity index (χ1n) is 7.16. The van der Waals surface area contributed by atoms with E-state index in [1.54, 1.807) is 24.0 Å². The van der Waals surface area contributed by atoms with Gasteiger partial charge >= 0.3 is 0 Å². The van der Waals surface area contributed by atoms with Crippen LogP contribution in [0, 0.1) is 17.0 Å². The lowest BCUT2D eigenvalue weighted by Crippen LogP contribution is -2.36. The van der Waals surface area contributed by atoms with E-state index >= 15 is 0 Å². The predicted molar refractivity (Wildman–Crippen MR) is 84.3 cm³/mol. The summed E-state index contributed by atoms with van der Waals surface area (Å²) in [5.41, 5.74) is 2.48. The molecule has 0 N–H and O–H groups in total. The Bertz CT molecular complexity index is 770. The summed E-state index contributed by atoms with van der Waals surface area (Å²) in [6.07, 6.45) is 0.765. The number of fused-ring (bicyclic) bond motifs is 1. The van der Waals surface area contributed by atoms with Crippen molar-refractivity contribution in [2.24, 2.45) is 0 Å². The molecule has 3 rings (SSSR count). The summed E-state index contributed by atoms with van der Waals surface area (Å²) in [4.78, 5) is 25.4. The average Bonchev–Trinajstić information content (AvgIpc) is 2.81. The maximum atomic E-state index is 12.9. The maximum Gasteiger partial charge on any atom is 0.285 e. The summed E-state index contributed by atoms with van der Waals surface area (Å²) in [5, 5.41) is 11.3. The van der Waals surface area contributed by atoms with E-state index in [1.807, 2.05) is 31.2 Å². The Morgan fingerprint density at radius 2 is 1.95 bits per heavy atom. The molecule has 1 heterocycles. The van der Waals surface area contributed by atoms with Gasteiger partial charge in [0.2, 0.25) is 0 Å². The second-order valence-corrected chi connectivity index (χ2v) is 5.59. The van der Waals surface area contributed by atoms with Gasteiger partial charge in [-0.1, -0.05) is 30.3 Å². The first kappa shape index (κ1) is 14.3. The number of nitrogens with zero attached hydrogens (tertiary/aromatic N) is 2. The van der Waals surface area contributed by atoms with E-state index in [0.717, 1.165) is 17.7 Å². The van der Waals surface area contributed by atoms with Crippen LogP contribution in [0.2, 0.25) is 0 Å². The largest absolute Gasteiger partial charge is 0.305 e. The van der Waals surface area contributed by atoms with Crippen LogP contribution in [0.15, 0.2) is 42.5 Å². The molecule has 0 bridgehead atoms. The molecule has 0 aromatic heterocycles. The molecular formula is C17H16N2O3. The first-order valence-corrected chi connectivity index (χ1v) is 7.16. The van der Waals surface area contributed by atoms with E-state index in [0.29, 0.717) is 5.56 Å². The topological polar surface area (TPSA) is 63.5 Å². The van der Waals surface area contributed by atoms with Gasteiger partial charge < -0.3 is 4.90 Å². The third kappa shape index (κ3) is 2.15. The van der Waals surface area contributed by atoms with Crippen LogP contribution in [0.3, 0.4) is 0 Å². The van der Waals surface area contributed by atoms with Crippen LogP contribution in [-0.4, -0.2) is 16.9 Å². The lowest BCUT2D eigenvalue weighted by molar-refractivity contribution is -0.385. The number of benzene rings is 2. The van der Waals surface area contributed by atoms with Crippen LogP contribution in [0.1, 0.15) is 28.4 Å². The summed E-state index contributed by atoms with van der Waals surface area (Å²) >= 11 is 0. The number of nitro benzene ring substituents is 1. The molecule has 1 aliphatic rings. The van der Waals surface area contributed by atoms with E-state index in [4.69, 9.17) is 0 Å². The van der Waals surface area contributed by atoms with Crippen molar-refractivity contribution in [3.63, 3.8) is 0 Å². The van der Waals surface area contributed by atoms with Crippen LogP contribution >= 0.6 is 0 Å². The van der Waals surface area contributed by atoms with E-state index < -0.39 is 4.92 Å². The van der Waals surface area contributed by atoms with Gasteiger partial charge in [0.15, 0.2) is 0 Å². The lowest BCUT2D eigenvalue weighted by atomic mass is 10.1. The quantitative estimate of drug-likeness (QED) is 0.629. The number of anilines is 1. The number of amides is 1. The second kappa shape index (κ2) is 5.26. The van der Waals surface area contributed by atoms with Crippen molar-refractivity contribution < 1.29 is 9.72 Å². The minimum atomic E-state index is -0.477. The van der Waals surface area contributed by atoms with Gasteiger partial charge in [-0.3, -0.25) is 14.9 Å². The zero-order valence-electron chi connectivity index (χ0n) is 12.4. The van der Waals surface area contributed by atoms with Gasteiger partial charge in [0.25, 0.3) is 11.6 Å². The first-order chi connectivity index (χ1) is 10.5. The lowest BCUT2D eigenvalue weighted by Gasteiger charge is -2.22. The molecule has 112 valence electrons. The Balaban J connectivity index is 2.10. The molecule has 0 radical (unpaired) electrons. The van der Waals surface area contributed by atoms with Gasteiger partial charge in [0, 0.05) is 17.3 Å². The Labute approximate surface area is 128 Å². The number of aryl methyl sites for hydroxylation is 1. The number of carbonyl (C=O) groups is 1. The Morgan fingerprint density at radius 1 is 1.23 bits per heavy atom. The molecule has 0 saturated carbocycles. The number of hydrogen-bond donors (Lipinski definition) is 0. The highest BCUT2D eigenvalue weighted by molar-refractivity contribution is 6.10. The predicted octanol–water partition coefficient (Wildman–Crippen LogP) is 3.49. The monoisotopic (exact) mass is 296 g/mol. The van der Waals surface area contributed by atoms with Gasteiger partial charge in [0.05, 0.1) is 4.92 Å². The summed E-state index contributed by atoms with van der Waals surface area (Å²) in [6.45, 7) is 3.61. The summed E-state index contributed by atoms with van der Waals surface area (Å²) in [6, 6.07) is 12.5. The molecule has 1 atom stereocenters. The van der Waals surface area contributed by atoms with Crippen molar-refractivity contribution in [1.29, 1.82) is 0 Å². The highest BCUT2D eigenvalue weighted by atomic mass is 16.6. The fraction of sp³-hybridized carbons (Fsp3) is 0.235. The highest BCUT2D eigenvalue weighted by Gasteiger charge is 2.34. The summed E-state index contributed by atoms with van der Waals surface area (Å²) in [7, 11) is 0. The molecule has 5 nitrogen and oxygen atoms in total. The molecule has 1 aliphatic heterocycles. The minimum Gasteiger partial charge on any atom is -0.305 e. The van der Waals surface area contributed by atoms with Crippen LogP contribution in [0.5, 0.6) is 0 Å². The third-order valence-corrected chi connectivity index (χ3v) is 4.08. The van der Waals surface area contributed by atoms with E-state index in [1.165, 1.54) is 6.07 Å². The Hall–Kier alpha value is -2.69. The smallest absolute Gasteiger partial charge is 0.285 e. The van der Waals surface area contributed by atoms with Crippen LogP contribution in [0.25, 0.3) is 0 Å².